The molecule has 0 atom stereocenters. The standard InChI is InChI=1S/C29H35ClN2O4/c1-29(2,3)36-28(35)31(16-13-20-8-4-5-9-24(20)30)15-7-6-10-25(33)23-18-21-11-12-26(34)32-17-14-22(19-23)27(21)32/h4-5,8-9,18-19H,6-7,10-17H2,1-3H3. The average molecular weight is 511 g/mol. The van der Waals surface area contributed by atoms with Crippen molar-refractivity contribution in [2.24, 2.45) is 0 Å². The Kier molecular flexibility index (Phi) is 8.04. The van der Waals surface area contributed by atoms with Crippen LogP contribution in [0.5, 0.6) is 0 Å². The van der Waals surface area contributed by atoms with Crippen molar-refractivity contribution in [1.29, 1.82) is 0 Å². The van der Waals surface area contributed by atoms with Gasteiger partial charge in [0.05, 0.1) is 5.69 Å². The highest BCUT2D eigenvalue weighted by Gasteiger charge is 2.32. The Balaban J connectivity index is 1.33. The first-order chi connectivity index (χ1) is 17.1. The zero-order valence-corrected chi connectivity index (χ0v) is 22.2. The first-order valence-electron chi connectivity index (χ1n) is 12.8. The molecular weight excluding hydrogens is 476 g/mol. The number of rotatable bonds is 9. The molecule has 0 aliphatic carbocycles. The maximum Gasteiger partial charge on any atom is 0.410 e. The summed E-state index contributed by atoms with van der Waals surface area (Å²) >= 11 is 6.30. The van der Waals surface area contributed by atoms with Gasteiger partial charge in [0.2, 0.25) is 5.91 Å². The van der Waals surface area contributed by atoms with E-state index in [-0.39, 0.29) is 17.8 Å². The van der Waals surface area contributed by atoms with Gasteiger partial charge in [-0.05, 0) is 87.8 Å². The second-order valence-corrected chi connectivity index (χ2v) is 11.0. The Bertz CT molecular complexity index is 1150. The number of anilines is 1. The fourth-order valence-electron chi connectivity index (χ4n) is 4.93. The van der Waals surface area contributed by atoms with Crippen LogP contribution in [0.25, 0.3) is 0 Å². The number of halogens is 1. The van der Waals surface area contributed by atoms with Crippen LogP contribution in [-0.2, 0) is 28.8 Å². The van der Waals surface area contributed by atoms with Crippen LogP contribution in [0.1, 0.15) is 73.5 Å². The van der Waals surface area contributed by atoms with Crippen molar-refractivity contribution in [3.8, 4) is 0 Å². The molecule has 2 aromatic rings. The number of hydrogen-bond donors (Lipinski definition) is 0. The van der Waals surface area contributed by atoms with Gasteiger partial charge in [0.25, 0.3) is 0 Å². The number of amides is 2. The summed E-state index contributed by atoms with van der Waals surface area (Å²) in [7, 11) is 0. The van der Waals surface area contributed by atoms with Crippen molar-refractivity contribution in [3.05, 3.63) is 63.7 Å². The summed E-state index contributed by atoms with van der Waals surface area (Å²) in [6.07, 6.45) is 4.12. The van der Waals surface area contributed by atoms with Gasteiger partial charge >= 0.3 is 6.09 Å². The number of carbonyl (C=O) groups is 3. The Hall–Kier alpha value is -2.86. The summed E-state index contributed by atoms with van der Waals surface area (Å²) in [5.41, 5.74) is 4.41. The van der Waals surface area contributed by atoms with Crippen LogP contribution in [0.15, 0.2) is 36.4 Å². The summed E-state index contributed by atoms with van der Waals surface area (Å²) < 4.78 is 5.62. The molecule has 0 unspecified atom stereocenters. The normalized spacial score (nSPS) is 14.6. The van der Waals surface area contributed by atoms with Gasteiger partial charge < -0.3 is 14.5 Å². The molecule has 2 heterocycles. The first kappa shape index (κ1) is 26.2. The lowest BCUT2D eigenvalue weighted by molar-refractivity contribution is -0.118. The van der Waals surface area contributed by atoms with E-state index in [1.165, 1.54) is 0 Å². The van der Waals surface area contributed by atoms with E-state index in [4.69, 9.17) is 16.3 Å². The molecule has 0 bridgehead atoms. The number of hydrogen-bond acceptors (Lipinski definition) is 4. The molecule has 0 N–H and O–H groups in total. The molecule has 0 aromatic heterocycles. The SMILES string of the molecule is CC(C)(C)OC(=O)N(CCCCC(=O)c1cc2c3c(c1)CCN3C(=O)CC2)CCc1ccccc1Cl. The van der Waals surface area contributed by atoms with Gasteiger partial charge in [-0.15, -0.1) is 0 Å². The molecule has 0 saturated carbocycles. The number of carbonyl (C=O) groups excluding carboxylic acids is 3. The zero-order chi connectivity index (χ0) is 25.9. The predicted octanol–water partition coefficient (Wildman–Crippen LogP) is 6.01. The lowest BCUT2D eigenvalue weighted by Crippen LogP contribution is -2.38. The zero-order valence-electron chi connectivity index (χ0n) is 21.4. The Morgan fingerprint density at radius 1 is 1.03 bits per heavy atom. The Morgan fingerprint density at radius 2 is 1.75 bits per heavy atom. The molecule has 36 heavy (non-hydrogen) atoms. The molecule has 2 aliphatic rings. The molecular formula is C29H35ClN2O4. The summed E-state index contributed by atoms with van der Waals surface area (Å²) in [4.78, 5) is 41.6. The highest BCUT2D eigenvalue weighted by atomic mass is 35.5. The van der Waals surface area contributed by atoms with E-state index in [1.807, 2.05) is 62.1 Å². The largest absolute Gasteiger partial charge is 0.444 e. The number of ether oxygens (including phenoxy) is 1. The van der Waals surface area contributed by atoms with Crippen molar-refractivity contribution >= 4 is 35.1 Å². The van der Waals surface area contributed by atoms with E-state index in [2.05, 4.69) is 0 Å². The Labute approximate surface area is 218 Å². The van der Waals surface area contributed by atoms with E-state index in [9.17, 15) is 14.4 Å². The van der Waals surface area contributed by atoms with E-state index in [0.29, 0.717) is 63.2 Å². The maximum absolute atomic E-state index is 13.0. The summed E-state index contributed by atoms with van der Waals surface area (Å²) in [5.74, 6) is 0.300. The van der Waals surface area contributed by atoms with Crippen molar-refractivity contribution in [2.45, 2.75) is 71.3 Å². The van der Waals surface area contributed by atoms with E-state index in [1.54, 1.807) is 4.90 Å². The number of benzene rings is 2. The number of unbranched alkanes of at least 4 members (excludes halogenated alkanes) is 1. The van der Waals surface area contributed by atoms with Crippen LogP contribution in [-0.4, -0.2) is 47.9 Å². The number of aryl methyl sites for hydroxylation is 1. The fourth-order valence-corrected chi connectivity index (χ4v) is 5.16. The van der Waals surface area contributed by atoms with E-state index < -0.39 is 5.60 Å². The fraction of sp³-hybridized carbons (Fsp3) is 0.483. The van der Waals surface area contributed by atoms with Crippen molar-refractivity contribution < 1.29 is 19.1 Å². The van der Waals surface area contributed by atoms with Crippen molar-refractivity contribution in [2.75, 3.05) is 24.5 Å². The molecule has 0 radical (unpaired) electrons. The van der Waals surface area contributed by atoms with Crippen LogP contribution in [0.2, 0.25) is 5.02 Å². The second kappa shape index (κ2) is 11.0. The molecule has 2 aliphatic heterocycles. The third-order valence-corrected chi connectivity index (χ3v) is 7.08. The summed E-state index contributed by atoms with van der Waals surface area (Å²) in [6, 6.07) is 11.6. The lowest BCUT2D eigenvalue weighted by atomic mass is 9.94. The number of ketones is 1. The first-order valence-corrected chi connectivity index (χ1v) is 13.2. The van der Waals surface area contributed by atoms with Crippen LogP contribution < -0.4 is 4.90 Å². The van der Waals surface area contributed by atoms with E-state index in [0.717, 1.165) is 34.4 Å². The van der Waals surface area contributed by atoms with Gasteiger partial charge in [-0.3, -0.25) is 9.59 Å². The lowest BCUT2D eigenvalue weighted by Gasteiger charge is -2.27. The third kappa shape index (κ3) is 6.28. The Morgan fingerprint density at radius 3 is 2.47 bits per heavy atom. The minimum absolute atomic E-state index is 0.115. The van der Waals surface area contributed by atoms with Crippen LogP contribution in [0.3, 0.4) is 0 Å². The molecule has 2 amide bonds. The van der Waals surface area contributed by atoms with Crippen LogP contribution in [0.4, 0.5) is 10.5 Å². The smallest absolute Gasteiger partial charge is 0.410 e. The van der Waals surface area contributed by atoms with Crippen molar-refractivity contribution in [3.63, 3.8) is 0 Å². The molecule has 0 fully saturated rings. The minimum Gasteiger partial charge on any atom is -0.444 e. The highest BCUT2D eigenvalue weighted by molar-refractivity contribution is 6.31. The van der Waals surface area contributed by atoms with Gasteiger partial charge in [0.15, 0.2) is 5.78 Å². The number of nitrogens with zero attached hydrogens (tertiary/aromatic N) is 2. The van der Waals surface area contributed by atoms with Gasteiger partial charge in [0.1, 0.15) is 5.60 Å². The molecule has 0 saturated heterocycles. The quantitative estimate of drug-likeness (QED) is 0.306. The summed E-state index contributed by atoms with van der Waals surface area (Å²) in [5, 5.41) is 0.688. The molecule has 2 aromatic carbocycles. The molecule has 192 valence electrons. The van der Waals surface area contributed by atoms with Gasteiger partial charge in [0, 0.05) is 43.1 Å². The van der Waals surface area contributed by atoms with E-state index >= 15 is 0 Å². The molecule has 7 heteroatoms. The third-order valence-electron chi connectivity index (χ3n) is 6.72. The molecule has 4 rings (SSSR count). The van der Waals surface area contributed by atoms with Gasteiger partial charge in [-0.1, -0.05) is 29.8 Å². The number of Topliss-reactive ketones (excluding diaryl/α,β-unsaturated/α-hetero) is 1. The van der Waals surface area contributed by atoms with Gasteiger partial charge in [-0.25, -0.2) is 4.79 Å². The monoisotopic (exact) mass is 510 g/mol. The predicted molar refractivity (Wildman–Crippen MR) is 142 cm³/mol. The van der Waals surface area contributed by atoms with Crippen LogP contribution >= 0.6 is 11.6 Å². The minimum atomic E-state index is -0.580. The average Bonchev–Trinajstić information content (AvgIpc) is 3.26. The summed E-state index contributed by atoms with van der Waals surface area (Å²) in [6.45, 7) is 7.29. The van der Waals surface area contributed by atoms with Gasteiger partial charge in [-0.2, -0.15) is 0 Å². The van der Waals surface area contributed by atoms with Crippen molar-refractivity contribution in [1.82, 2.24) is 4.90 Å². The molecule has 0 spiro atoms. The topological polar surface area (TPSA) is 66.9 Å². The highest BCUT2D eigenvalue weighted by Crippen LogP contribution is 2.37. The maximum atomic E-state index is 13.0. The molecule has 6 nitrogen and oxygen atoms in total. The van der Waals surface area contributed by atoms with Crippen LogP contribution in [0, 0.1) is 0 Å². The second-order valence-electron chi connectivity index (χ2n) is 10.6.